The molecule has 2 aromatic rings. The first-order valence-electron chi connectivity index (χ1n) is 5.68. The summed E-state index contributed by atoms with van der Waals surface area (Å²) in [5, 5.41) is 6.03. The number of aryl methyl sites for hydroxylation is 1. The summed E-state index contributed by atoms with van der Waals surface area (Å²) in [6.07, 6.45) is 1.47. The minimum atomic E-state index is -0.443. The van der Waals surface area contributed by atoms with Gasteiger partial charge in [0.1, 0.15) is 10.8 Å². The molecule has 0 aliphatic heterocycles. The van der Waals surface area contributed by atoms with E-state index in [9.17, 15) is 9.18 Å². The average molecular weight is 282 g/mol. The van der Waals surface area contributed by atoms with Crippen molar-refractivity contribution in [3.8, 4) is 0 Å². The van der Waals surface area contributed by atoms with Crippen LogP contribution in [0.5, 0.6) is 0 Å². The van der Waals surface area contributed by atoms with Gasteiger partial charge in [-0.05, 0) is 24.1 Å². The normalized spacial score (nSPS) is 10.5. The summed E-state index contributed by atoms with van der Waals surface area (Å²) in [4.78, 5) is 13.1. The molecule has 0 bridgehead atoms. The maximum Gasteiger partial charge on any atom is 0.285 e. The van der Waals surface area contributed by atoms with Crippen molar-refractivity contribution in [3.05, 3.63) is 56.7 Å². The third-order valence-electron chi connectivity index (χ3n) is 2.84. The van der Waals surface area contributed by atoms with Crippen molar-refractivity contribution in [1.29, 1.82) is 0 Å². The Morgan fingerprint density at radius 1 is 1.47 bits per heavy atom. The first-order valence-corrected chi connectivity index (χ1v) is 6.06. The van der Waals surface area contributed by atoms with Crippen LogP contribution in [0.3, 0.4) is 0 Å². The molecule has 0 aliphatic rings. The van der Waals surface area contributed by atoms with E-state index in [0.29, 0.717) is 17.8 Å². The summed E-state index contributed by atoms with van der Waals surface area (Å²) in [5.74, 6) is -0.249. The van der Waals surface area contributed by atoms with Crippen molar-refractivity contribution in [2.45, 2.75) is 13.5 Å². The van der Waals surface area contributed by atoms with Crippen LogP contribution in [-0.2, 0) is 6.54 Å². The molecular weight excluding hydrogens is 269 g/mol. The predicted octanol–water partition coefficient (Wildman–Crippen LogP) is 2.51. The van der Waals surface area contributed by atoms with Crippen LogP contribution in [0.25, 0.3) is 0 Å². The molecular formula is C13H13ClFN3O. The van der Waals surface area contributed by atoms with Crippen LogP contribution in [0.15, 0.2) is 29.2 Å². The number of hydrogen-bond donors (Lipinski definition) is 1. The number of anilines is 1. The summed E-state index contributed by atoms with van der Waals surface area (Å²) >= 11 is 5.91. The van der Waals surface area contributed by atoms with E-state index in [4.69, 9.17) is 11.6 Å². The second kappa shape index (κ2) is 5.40. The molecule has 4 nitrogen and oxygen atoms in total. The summed E-state index contributed by atoms with van der Waals surface area (Å²) in [6.45, 7) is 2.14. The number of nitrogens with one attached hydrogen (secondary N) is 1. The van der Waals surface area contributed by atoms with E-state index >= 15 is 0 Å². The number of H-pyrrole nitrogens is 1. The topological polar surface area (TPSA) is 49.0 Å². The SMILES string of the molecule is Cc1ccc(CN(C)c2cn[nH]c(=O)c2Cl)cc1F. The zero-order chi connectivity index (χ0) is 14.0. The highest BCUT2D eigenvalue weighted by molar-refractivity contribution is 6.32. The highest BCUT2D eigenvalue weighted by Crippen LogP contribution is 2.21. The minimum Gasteiger partial charge on any atom is -0.368 e. The lowest BCUT2D eigenvalue weighted by Crippen LogP contribution is -2.21. The second-order valence-corrected chi connectivity index (χ2v) is 4.72. The molecule has 1 aromatic carbocycles. The predicted molar refractivity (Wildman–Crippen MR) is 73.1 cm³/mol. The zero-order valence-electron chi connectivity index (χ0n) is 10.6. The van der Waals surface area contributed by atoms with Crippen molar-refractivity contribution >= 4 is 17.3 Å². The van der Waals surface area contributed by atoms with Gasteiger partial charge in [-0.15, -0.1) is 0 Å². The fourth-order valence-corrected chi connectivity index (χ4v) is 1.97. The molecule has 1 heterocycles. The smallest absolute Gasteiger partial charge is 0.285 e. The number of benzene rings is 1. The van der Waals surface area contributed by atoms with Gasteiger partial charge in [0.05, 0.1) is 11.9 Å². The molecule has 0 radical (unpaired) electrons. The Balaban J connectivity index is 2.25. The lowest BCUT2D eigenvalue weighted by molar-refractivity contribution is 0.616. The summed E-state index contributed by atoms with van der Waals surface area (Å²) in [7, 11) is 1.76. The highest BCUT2D eigenvalue weighted by atomic mass is 35.5. The first kappa shape index (κ1) is 13.5. The number of aromatic nitrogens is 2. The molecule has 6 heteroatoms. The van der Waals surface area contributed by atoms with E-state index in [-0.39, 0.29) is 10.8 Å². The number of aromatic amines is 1. The van der Waals surface area contributed by atoms with Crippen LogP contribution in [0, 0.1) is 12.7 Å². The molecule has 19 heavy (non-hydrogen) atoms. The molecule has 0 aliphatic carbocycles. The molecule has 0 atom stereocenters. The van der Waals surface area contributed by atoms with Crippen LogP contribution >= 0.6 is 11.6 Å². The molecule has 0 fully saturated rings. The third-order valence-corrected chi connectivity index (χ3v) is 3.21. The van der Waals surface area contributed by atoms with Gasteiger partial charge in [0.25, 0.3) is 5.56 Å². The van der Waals surface area contributed by atoms with Crippen molar-refractivity contribution in [1.82, 2.24) is 10.2 Å². The summed E-state index contributed by atoms with van der Waals surface area (Å²) < 4.78 is 13.5. The zero-order valence-corrected chi connectivity index (χ0v) is 11.3. The Kier molecular flexibility index (Phi) is 3.85. The monoisotopic (exact) mass is 281 g/mol. The number of nitrogens with zero attached hydrogens (tertiary/aromatic N) is 2. The fraction of sp³-hybridized carbons (Fsp3) is 0.231. The van der Waals surface area contributed by atoms with Crippen molar-refractivity contribution in [2.24, 2.45) is 0 Å². The lowest BCUT2D eigenvalue weighted by atomic mass is 10.1. The highest BCUT2D eigenvalue weighted by Gasteiger charge is 2.10. The van der Waals surface area contributed by atoms with Crippen molar-refractivity contribution in [2.75, 3.05) is 11.9 Å². The van der Waals surface area contributed by atoms with E-state index in [2.05, 4.69) is 10.2 Å². The van der Waals surface area contributed by atoms with Gasteiger partial charge in [0, 0.05) is 13.6 Å². The van der Waals surface area contributed by atoms with Crippen LogP contribution in [0.1, 0.15) is 11.1 Å². The van der Waals surface area contributed by atoms with E-state index in [0.717, 1.165) is 5.56 Å². The van der Waals surface area contributed by atoms with Gasteiger partial charge < -0.3 is 4.90 Å². The molecule has 1 aromatic heterocycles. The molecule has 100 valence electrons. The summed E-state index contributed by atoms with van der Waals surface area (Å²) in [5.41, 5.74) is 1.46. The van der Waals surface area contributed by atoms with Gasteiger partial charge in [0.2, 0.25) is 0 Å². The van der Waals surface area contributed by atoms with Gasteiger partial charge in [-0.1, -0.05) is 23.7 Å². The number of hydrogen-bond acceptors (Lipinski definition) is 3. The molecule has 0 saturated carbocycles. The quantitative estimate of drug-likeness (QED) is 0.940. The molecule has 2 rings (SSSR count). The Bertz CT molecular complexity index is 657. The van der Waals surface area contributed by atoms with Gasteiger partial charge in [-0.3, -0.25) is 4.79 Å². The molecule has 1 N–H and O–H groups in total. The standard InChI is InChI=1S/C13H13ClFN3O/c1-8-3-4-9(5-10(8)15)7-18(2)11-6-16-17-13(19)12(11)14/h3-6H,7H2,1-2H3,(H,17,19). The Morgan fingerprint density at radius 3 is 2.89 bits per heavy atom. The Hall–Kier alpha value is -1.88. The van der Waals surface area contributed by atoms with Gasteiger partial charge in [-0.25, -0.2) is 9.49 Å². The van der Waals surface area contributed by atoms with Gasteiger partial charge in [-0.2, -0.15) is 5.10 Å². The van der Waals surface area contributed by atoms with Gasteiger partial charge >= 0.3 is 0 Å². The lowest BCUT2D eigenvalue weighted by Gasteiger charge is -2.19. The minimum absolute atomic E-state index is 0.0742. The van der Waals surface area contributed by atoms with E-state index in [1.165, 1.54) is 12.3 Å². The molecule has 0 amide bonds. The molecule has 0 spiro atoms. The maximum absolute atomic E-state index is 13.5. The van der Waals surface area contributed by atoms with E-state index in [1.54, 1.807) is 24.9 Å². The number of halogens is 2. The van der Waals surface area contributed by atoms with E-state index in [1.807, 2.05) is 6.07 Å². The van der Waals surface area contributed by atoms with E-state index < -0.39 is 5.56 Å². The molecule has 0 saturated heterocycles. The van der Waals surface area contributed by atoms with Crippen molar-refractivity contribution in [3.63, 3.8) is 0 Å². The van der Waals surface area contributed by atoms with Crippen LogP contribution in [-0.4, -0.2) is 17.2 Å². The van der Waals surface area contributed by atoms with Crippen LogP contribution in [0.4, 0.5) is 10.1 Å². The average Bonchev–Trinajstić information content (AvgIpc) is 2.37. The fourth-order valence-electron chi connectivity index (χ4n) is 1.73. The third kappa shape index (κ3) is 2.93. The van der Waals surface area contributed by atoms with Crippen molar-refractivity contribution < 1.29 is 4.39 Å². The Labute approximate surface area is 114 Å². The number of rotatable bonds is 3. The Morgan fingerprint density at radius 2 is 2.21 bits per heavy atom. The maximum atomic E-state index is 13.5. The van der Waals surface area contributed by atoms with Crippen LogP contribution < -0.4 is 10.5 Å². The van der Waals surface area contributed by atoms with Crippen LogP contribution in [0.2, 0.25) is 5.02 Å². The second-order valence-electron chi connectivity index (χ2n) is 4.34. The molecule has 0 unspecified atom stereocenters. The largest absolute Gasteiger partial charge is 0.368 e. The summed E-state index contributed by atoms with van der Waals surface area (Å²) in [6, 6.07) is 5.03. The first-order chi connectivity index (χ1) is 8.99. The van der Waals surface area contributed by atoms with Gasteiger partial charge in [0.15, 0.2) is 0 Å².